The van der Waals surface area contributed by atoms with Crippen LogP contribution in [0.15, 0.2) is 67.1 Å². The lowest BCUT2D eigenvalue weighted by Gasteiger charge is -2.24. The molecule has 7 nitrogen and oxygen atoms in total. The molecule has 1 aliphatic rings. The fourth-order valence-corrected chi connectivity index (χ4v) is 3.61. The summed E-state index contributed by atoms with van der Waals surface area (Å²) in [5, 5.41) is 0.912. The van der Waals surface area contributed by atoms with Crippen molar-refractivity contribution < 1.29 is 9.47 Å². The van der Waals surface area contributed by atoms with Gasteiger partial charge in [0.15, 0.2) is 29.1 Å². The Balaban J connectivity index is 1.39. The lowest BCUT2D eigenvalue weighted by Crippen LogP contribution is -2.22. The number of ether oxygens (including phenoxy) is 2. The van der Waals surface area contributed by atoms with Crippen molar-refractivity contribution in [1.29, 1.82) is 0 Å². The van der Waals surface area contributed by atoms with Gasteiger partial charge in [0.1, 0.15) is 12.9 Å². The normalized spacial score (nSPS) is 15.7. The molecule has 0 aliphatic carbocycles. The summed E-state index contributed by atoms with van der Waals surface area (Å²) in [6.45, 7) is 0.409. The maximum Gasteiger partial charge on any atom is 0.190 e. The number of pyridine rings is 1. The first-order chi connectivity index (χ1) is 14.3. The van der Waals surface area contributed by atoms with Gasteiger partial charge in [0, 0.05) is 17.1 Å². The largest absolute Gasteiger partial charge is 0.485 e. The van der Waals surface area contributed by atoms with E-state index >= 15 is 0 Å². The van der Waals surface area contributed by atoms with Crippen molar-refractivity contribution in [2.24, 2.45) is 0 Å². The number of aromatic amines is 1. The van der Waals surface area contributed by atoms with Gasteiger partial charge in [0.05, 0.1) is 16.7 Å². The Kier molecular flexibility index (Phi) is 3.46. The van der Waals surface area contributed by atoms with E-state index in [1.54, 1.807) is 6.20 Å². The SMILES string of the molecule is c1ccc2c(c1)OCC(c1nc3ccc(-c4ncnc5ncccc45)cc3[nH]1)O2. The molecular weight excluding hydrogens is 366 g/mol. The first-order valence-electron chi connectivity index (χ1n) is 9.29. The highest BCUT2D eigenvalue weighted by atomic mass is 16.6. The van der Waals surface area contributed by atoms with Gasteiger partial charge in [0.25, 0.3) is 0 Å². The summed E-state index contributed by atoms with van der Waals surface area (Å²) in [7, 11) is 0. The Labute approximate surface area is 165 Å². The van der Waals surface area contributed by atoms with Crippen molar-refractivity contribution >= 4 is 22.1 Å². The van der Waals surface area contributed by atoms with E-state index in [-0.39, 0.29) is 6.10 Å². The van der Waals surface area contributed by atoms with Crippen molar-refractivity contribution in [2.45, 2.75) is 6.10 Å². The minimum absolute atomic E-state index is 0.287. The van der Waals surface area contributed by atoms with E-state index in [2.05, 4.69) is 19.9 Å². The molecule has 140 valence electrons. The molecule has 0 amide bonds. The average Bonchev–Trinajstić information content (AvgIpc) is 3.22. The molecule has 7 heteroatoms. The summed E-state index contributed by atoms with van der Waals surface area (Å²) in [4.78, 5) is 21.1. The lowest BCUT2D eigenvalue weighted by atomic mass is 10.1. The number of H-pyrrole nitrogens is 1. The van der Waals surface area contributed by atoms with Crippen LogP contribution >= 0.6 is 0 Å². The fourth-order valence-electron chi connectivity index (χ4n) is 3.61. The van der Waals surface area contributed by atoms with Crippen molar-refractivity contribution in [3.63, 3.8) is 0 Å². The van der Waals surface area contributed by atoms with Gasteiger partial charge in [-0.25, -0.2) is 19.9 Å². The van der Waals surface area contributed by atoms with Crippen molar-refractivity contribution in [2.75, 3.05) is 6.61 Å². The molecule has 4 heterocycles. The van der Waals surface area contributed by atoms with Gasteiger partial charge >= 0.3 is 0 Å². The maximum atomic E-state index is 6.07. The highest BCUT2D eigenvalue weighted by molar-refractivity contribution is 5.92. The monoisotopic (exact) mass is 381 g/mol. The highest BCUT2D eigenvalue weighted by Gasteiger charge is 2.25. The minimum Gasteiger partial charge on any atom is -0.485 e. The molecule has 0 spiro atoms. The van der Waals surface area contributed by atoms with Gasteiger partial charge < -0.3 is 14.5 Å². The van der Waals surface area contributed by atoms with Crippen LogP contribution in [0.5, 0.6) is 11.5 Å². The third-order valence-electron chi connectivity index (χ3n) is 5.00. The number of benzene rings is 2. The van der Waals surface area contributed by atoms with Gasteiger partial charge in [-0.2, -0.15) is 0 Å². The minimum atomic E-state index is -0.287. The van der Waals surface area contributed by atoms with Crippen LogP contribution in [0.4, 0.5) is 0 Å². The number of para-hydroxylation sites is 2. The number of hydrogen-bond acceptors (Lipinski definition) is 6. The van der Waals surface area contributed by atoms with E-state index in [0.29, 0.717) is 12.3 Å². The third-order valence-corrected chi connectivity index (χ3v) is 5.00. The zero-order valence-corrected chi connectivity index (χ0v) is 15.2. The molecular formula is C22H15N5O2. The van der Waals surface area contributed by atoms with Crippen molar-refractivity contribution in [3.8, 4) is 22.8 Å². The number of aromatic nitrogens is 5. The summed E-state index contributed by atoms with van der Waals surface area (Å²) >= 11 is 0. The summed E-state index contributed by atoms with van der Waals surface area (Å²) < 4.78 is 11.9. The van der Waals surface area contributed by atoms with E-state index < -0.39 is 0 Å². The van der Waals surface area contributed by atoms with E-state index in [9.17, 15) is 0 Å². The number of rotatable bonds is 2. The highest BCUT2D eigenvalue weighted by Crippen LogP contribution is 2.36. The zero-order valence-electron chi connectivity index (χ0n) is 15.2. The van der Waals surface area contributed by atoms with E-state index in [1.165, 1.54) is 6.33 Å². The Morgan fingerprint density at radius 1 is 0.931 bits per heavy atom. The van der Waals surface area contributed by atoms with Gasteiger partial charge in [-0.15, -0.1) is 0 Å². The second kappa shape index (κ2) is 6.27. The summed E-state index contributed by atoms with van der Waals surface area (Å²) in [5.74, 6) is 2.22. The molecule has 0 radical (unpaired) electrons. The Morgan fingerprint density at radius 2 is 1.86 bits per heavy atom. The van der Waals surface area contributed by atoms with Crippen LogP contribution in [0.2, 0.25) is 0 Å². The smallest absolute Gasteiger partial charge is 0.190 e. The molecule has 1 N–H and O–H groups in total. The molecule has 0 saturated carbocycles. The van der Waals surface area contributed by atoms with Crippen LogP contribution in [0.3, 0.4) is 0 Å². The molecule has 1 aliphatic heterocycles. The average molecular weight is 381 g/mol. The first kappa shape index (κ1) is 16.0. The molecule has 1 unspecified atom stereocenters. The van der Waals surface area contributed by atoms with E-state index in [0.717, 1.165) is 45.0 Å². The summed E-state index contributed by atoms with van der Waals surface area (Å²) in [6.07, 6.45) is 2.98. The molecule has 0 saturated heterocycles. The lowest BCUT2D eigenvalue weighted by molar-refractivity contribution is 0.0859. The van der Waals surface area contributed by atoms with Crippen molar-refractivity contribution in [3.05, 3.63) is 72.9 Å². The Bertz CT molecular complexity index is 1360. The van der Waals surface area contributed by atoms with Gasteiger partial charge in [-0.3, -0.25) is 0 Å². The van der Waals surface area contributed by atoms with Gasteiger partial charge in [-0.1, -0.05) is 18.2 Å². The van der Waals surface area contributed by atoms with Crippen LogP contribution in [0.1, 0.15) is 11.9 Å². The predicted octanol–water partition coefficient (Wildman–Crippen LogP) is 4.08. The number of hydrogen-bond donors (Lipinski definition) is 1. The molecule has 6 rings (SSSR count). The molecule has 29 heavy (non-hydrogen) atoms. The second-order valence-electron chi connectivity index (χ2n) is 6.82. The van der Waals surface area contributed by atoms with Gasteiger partial charge in [0.2, 0.25) is 0 Å². The van der Waals surface area contributed by atoms with Crippen LogP contribution in [0.25, 0.3) is 33.3 Å². The maximum absolute atomic E-state index is 6.07. The second-order valence-corrected chi connectivity index (χ2v) is 6.82. The third kappa shape index (κ3) is 2.67. The van der Waals surface area contributed by atoms with Crippen LogP contribution < -0.4 is 9.47 Å². The van der Waals surface area contributed by atoms with Crippen LogP contribution in [-0.4, -0.2) is 31.5 Å². The standard InChI is InChI=1S/C22H15N5O2/c1-2-6-18-17(5-1)28-11-19(29-18)22-26-15-8-7-13(10-16(15)27-22)20-14-4-3-9-23-21(14)25-12-24-20/h1-10,12,19H,11H2,(H,26,27). The summed E-state index contributed by atoms with van der Waals surface area (Å²) in [5.41, 5.74) is 4.26. The van der Waals surface area contributed by atoms with E-state index in [4.69, 9.17) is 14.5 Å². The quantitative estimate of drug-likeness (QED) is 0.496. The Morgan fingerprint density at radius 3 is 2.83 bits per heavy atom. The predicted molar refractivity (Wildman–Crippen MR) is 108 cm³/mol. The topological polar surface area (TPSA) is 85.8 Å². The fraction of sp³-hybridized carbons (Fsp3) is 0.0909. The Hall–Kier alpha value is -4.00. The molecule has 0 bridgehead atoms. The molecule has 0 fully saturated rings. The molecule has 3 aromatic heterocycles. The zero-order chi connectivity index (χ0) is 19.2. The molecule has 1 atom stereocenters. The molecule has 5 aromatic rings. The number of nitrogens with zero attached hydrogens (tertiary/aromatic N) is 4. The molecule has 2 aromatic carbocycles. The van der Waals surface area contributed by atoms with E-state index in [1.807, 2.05) is 54.6 Å². The van der Waals surface area contributed by atoms with Gasteiger partial charge in [-0.05, 0) is 36.4 Å². The van der Waals surface area contributed by atoms with Crippen molar-refractivity contribution in [1.82, 2.24) is 24.9 Å². The van der Waals surface area contributed by atoms with Crippen LogP contribution in [-0.2, 0) is 0 Å². The number of nitrogens with one attached hydrogen (secondary N) is 1. The number of imidazole rings is 1. The first-order valence-corrected chi connectivity index (χ1v) is 9.29. The summed E-state index contributed by atoms with van der Waals surface area (Å²) in [6, 6.07) is 17.5. The van der Waals surface area contributed by atoms with Crippen LogP contribution in [0, 0.1) is 0 Å². The number of fused-ring (bicyclic) bond motifs is 3.